The van der Waals surface area contributed by atoms with Gasteiger partial charge in [0.2, 0.25) is 0 Å². The van der Waals surface area contributed by atoms with Crippen molar-refractivity contribution in [2.24, 2.45) is 18.0 Å². The number of hydrogen-bond donors (Lipinski definition) is 2. The van der Waals surface area contributed by atoms with E-state index in [9.17, 15) is 4.79 Å². The lowest BCUT2D eigenvalue weighted by Gasteiger charge is -2.15. The van der Waals surface area contributed by atoms with Crippen LogP contribution in [0.2, 0.25) is 10.2 Å². The Morgan fingerprint density at radius 3 is 2.55 bits per heavy atom. The van der Waals surface area contributed by atoms with Crippen LogP contribution in [0.1, 0.15) is 12.6 Å². The molecule has 0 aliphatic heterocycles. The highest BCUT2D eigenvalue weighted by Crippen LogP contribution is 2.24. The van der Waals surface area contributed by atoms with Crippen LogP contribution in [0.25, 0.3) is 0 Å². The van der Waals surface area contributed by atoms with Gasteiger partial charge in [-0.2, -0.15) is 0 Å². The van der Waals surface area contributed by atoms with Crippen molar-refractivity contribution in [1.29, 1.82) is 0 Å². The number of nitrogens with one attached hydrogen (secondary N) is 2. The molecule has 1 aromatic rings. The molecule has 0 aromatic carbocycles. The molecule has 0 amide bonds. The van der Waals surface area contributed by atoms with E-state index in [4.69, 9.17) is 23.2 Å². The topological polar surface area (TPSA) is 67.7 Å². The van der Waals surface area contributed by atoms with Gasteiger partial charge in [0.15, 0.2) is 5.96 Å². The zero-order chi connectivity index (χ0) is 16.0. The second-order valence-electron chi connectivity index (χ2n) is 4.56. The lowest BCUT2D eigenvalue weighted by Crippen LogP contribution is -2.40. The minimum atomic E-state index is -0.265. The van der Waals surface area contributed by atoms with E-state index < -0.39 is 0 Å². The molecule has 0 fully saturated rings. The van der Waals surface area contributed by atoms with Crippen LogP contribution in [0.3, 0.4) is 0 Å². The molecule has 0 spiro atoms. The van der Waals surface area contributed by atoms with E-state index >= 15 is 0 Å². The summed E-state index contributed by atoms with van der Waals surface area (Å²) in [6, 6.07) is 1.79. The molecule has 1 heterocycles. The predicted molar refractivity (Wildman–Crippen MR) is 100 cm³/mol. The largest absolute Gasteiger partial charge is 0.469 e. The van der Waals surface area contributed by atoms with Crippen molar-refractivity contribution in [3.63, 3.8) is 0 Å². The van der Waals surface area contributed by atoms with Gasteiger partial charge in [-0.15, -0.1) is 24.0 Å². The van der Waals surface area contributed by atoms with E-state index in [2.05, 4.69) is 20.4 Å². The zero-order valence-electron chi connectivity index (χ0n) is 12.9. The number of carbonyl (C=O) groups excluding carboxylic acids is 1. The maximum Gasteiger partial charge on any atom is 0.310 e. The summed E-state index contributed by atoms with van der Waals surface area (Å²) in [7, 11) is 4.86. The number of aromatic nitrogens is 1. The van der Waals surface area contributed by atoms with Gasteiger partial charge in [-0.1, -0.05) is 30.1 Å². The van der Waals surface area contributed by atoms with Crippen LogP contribution < -0.4 is 10.6 Å². The Morgan fingerprint density at radius 2 is 2.09 bits per heavy atom. The average molecular weight is 463 g/mol. The van der Waals surface area contributed by atoms with Crippen LogP contribution >= 0.6 is 47.2 Å². The minimum absolute atomic E-state index is 0. The Bertz CT molecular complexity index is 534. The molecule has 126 valence electrons. The predicted octanol–water partition coefficient (Wildman–Crippen LogP) is 2.42. The van der Waals surface area contributed by atoms with Gasteiger partial charge >= 0.3 is 5.97 Å². The van der Waals surface area contributed by atoms with Crippen molar-refractivity contribution >= 4 is 59.1 Å². The van der Waals surface area contributed by atoms with E-state index in [1.165, 1.54) is 7.11 Å². The van der Waals surface area contributed by atoms with Gasteiger partial charge in [-0.3, -0.25) is 9.79 Å². The summed E-state index contributed by atoms with van der Waals surface area (Å²) in [6.45, 7) is 2.72. The molecule has 6 nitrogen and oxygen atoms in total. The van der Waals surface area contributed by atoms with Crippen LogP contribution in [0.4, 0.5) is 0 Å². The Morgan fingerprint density at radius 1 is 1.45 bits per heavy atom. The number of aliphatic imine (C=N–C) groups is 1. The van der Waals surface area contributed by atoms with Crippen LogP contribution in [0.15, 0.2) is 11.1 Å². The molecule has 1 rings (SSSR count). The number of rotatable bonds is 5. The summed E-state index contributed by atoms with van der Waals surface area (Å²) in [5.74, 6) is 0.0608. The highest BCUT2D eigenvalue weighted by atomic mass is 127. The van der Waals surface area contributed by atoms with Crippen LogP contribution in [0, 0.1) is 5.92 Å². The lowest BCUT2D eigenvalue weighted by atomic mass is 10.2. The fourth-order valence-electron chi connectivity index (χ4n) is 1.69. The number of carbonyl (C=O) groups is 1. The van der Waals surface area contributed by atoms with Crippen molar-refractivity contribution in [3.8, 4) is 0 Å². The summed E-state index contributed by atoms with van der Waals surface area (Å²) in [4.78, 5) is 15.4. The van der Waals surface area contributed by atoms with E-state index in [1.807, 2.05) is 7.05 Å². The molecule has 0 saturated carbocycles. The number of esters is 1. The molecule has 2 N–H and O–H groups in total. The third-order valence-corrected chi connectivity index (χ3v) is 3.90. The fraction of sp³-hybridized carbons (Fsp3) is 0.538. The normalized spacial score (nSPS) is 12.4. The van der Waals surface area contributed by atoms with Crippen LogP contribution in [-0.2, 0) is 23.1 Å². The van der Waals surface area contributed by atoms with Crippen molar-refractivity contribution in [3.05, 3.63) is 21.9 Å². The Hall–Kier alpha value is -0.670. The summed E-state index contributed by atoms with van der Waals surface area (Å²) in [5.41, 5.74) is 0.925. The summed E-state index contributed by atoms with van der Waals surface area (Å²) in [5, 5.41) is 7.19. The lowest BCUT2D eigenvalue weighted by molar-refractivity contribution is -0.144. The molecule has 1 atom stereocenters. The Labute approximate surface area is 157 Å². The molecule has 1 unspecified atom stereocenters. The maximum absolute atomic E-state index is 11.3. The van der Waals surface area contributed by atoms with E-state index in [0.29, 0.717) is 29.2 Å². The first-order valence-corrected chi connectivity index (χ1v) is 7.18. The van der Waals surface area contributed by atoms with Gasteiger partial charge in [-0.05, 0) is 6.07 Å². The first-order chi connectivity index (χ1) is 9.90. The van der Waals surface area contributed by atoms with E-state index in [1.54, 1.807) is 24.6 Å². The van der Waals surface area contributed by atoms with Crippen molar-refractivity contribution < 1.29 is 9.53 Å². The number of guanidine groups is 1. The maximum atomic E-state index is 11.3. The van der Waals surface area contributed by atoms with E-state index in [-0.39, 0.29) is 35.9 Å². The molecule has 0 bridgehead atoms. The molecule has 0 aliphatic carbocycles. The van der Waals surface area contributed by atoms with Gasteiger partial charge in [0.25, 0.3) is 0 Å². The number of ether oxygens (including phenoxy) is 1. The second kappa shape index (κ2) is 10.2. The average Bonchev–Trinajstić information content (AvgIpc) is 2.73. The summed E-state index contributed by atoms with van der Waals surface area (Å²) in [6.07, 6.45) is 0. The molecular formula is C13H21Cl2IN4O2. The fourth-order valence-corrected chi connectivity index (χ4v) is 2.10. The molecule has 0 radical (unpaired) electrons. The van der Waals surface area contributed by atoms with Crippen molar-refractivity contribution in [1.82, 2.24) is 15.2 Å². The van der Waals surface area contributed by atoms with E-state index in [0.717, 1.165) is 5.69 Å². The first kappa shape index (κ1) is 21.3. The van der Waals surface area contributed by atoms with Gasteiger partial charge in [-0.25, -0.2) is 0 Å². The van der Waals surface area contributed by atoms with Gasteiger partial charge in [0, 0.05) is 26.3 Å². The standard InChI is InChI=1S/C13H20Cl2N4O2.HI/c1-8(12(20)21-4)6-17-13(16-2)18-7-9-5-10(14)11(15)19(9)3;/h5,8H,6-7H2,1-4H3,(H2,16,17,18);1H. The molecule has 0 saturated heterocycles. The highest BCUT2D eigenvalue weighted by Gasteiger charge is 2.14. The Kier molecular flexibility index (Phi) is 9.86. The quantitative estimate of drug-likeness (QED) is 0.305. The minimum Gasteiger partial charge on any atom is -0.469 e. The SMILES string of the molecule is CN=C(NCc1cc(Cl)c(Cl)n1C)NCC(C)C(=O)OC.I. The van der Waals surface area contributed by atoms with Crippen molar-refractivity contribution in [2.45, 2.75) is 13.5 Å². The number of hydrogen-bond acceptors (Lipinski definition) is 3. The monoisotopic (exact) mass is 462 g/mol. The highest BCUT2D eigenvalue weighted by molar-refractivity contribution is 14.0. The number of nitrogens with zero attached hydrogens (tertiary/aromatic N) is 2. The summed E-state index contributed by atoms with van der Waals surface area (Å²) >= 11 is 12.0. The molecule has 9 heteroatoms. The molecule has 1 aromatic heterocycles. The second-order valence-corrected chi connectivity index (χ2v) is 5.33. The van der Waals surface area contributed by atoms with Crippen molar-refractivity contribution in [2.75, 3.05) is 20.7 Å². The third-order valence-electron chi connectivity index (χ3n) is 3.06. The van der Waals surface area contributed by atoms with Crippen LogP contribution in [0.5, 0.6) is 0 Å². The number of halogens is 3. The van der Waals surface area contributed by atoms with Gasteiger partial charge < -0.3 is 19.9 Å². The van der Waals surface area contributed by atoms with Crippen LogP contribution in [-0.4, -0.2) is 37.2 Å². The molecule has 22 heavy (non-hydrogen) atoms. The molecular weight excluding hydrogens is 442 g/mol. The van der Waals surface area contributed by atoms with Gasteiger partial charge in [0.1, 0.15) is 5.15 Å². The van der Waals surface area contributed by atoms with Gasteiger partial charge in [0.05, 0.1) is 24.6 Å². The Balaban J connectivity index is 0.00000441. The number of methoxy groups -OCH3 is 1. The zero-order valence-corrected chi connectivity index (χ0v) is 16.8. The summed E-state index contributed by atoms with van der Waals surface area (Å²) < 4.78 is 6.46. The first-order valence-electron chi connectivity index (χ1n) is 6.42. The smallest absolute Gasteiger partial charge is 0.310 e. The molecule has 0 aliphatic rings. The third kappa shape index (κ3) is 5.85.